The van der Waals surface area contributed by atoms with Crippen LogP contribution in [0.4, 0.5) is 5.69 Å². The Morgan fingerprint density at radius 3 is 2.17 bits per heavy atom. The molecule has 4 N–H and O–H groups in total. The number of anilines is 1. The highest BCUT2D eigenvalue weighted by atomic mass is 16.5. The molecule has 0 saturated carbocycles. The van der Waals surface area contributed by atoms with Gasteiger partial charge in [-0.15, -0.1) is 0 Å². The first kappa shape index (κ1) is 24.7. The summed E-state index contributed by atoms with van der Waals surface area (Å²) in [5.41, 5.74) is 1.56. The largest absolute Gasteiger partial charge is 0.496 e. The van der Waals surface area contributed by atoms with E-state index in [1.807, 2.05) is 6.07 Å². The van der Waals surface area contributed by atoms with Crippen molar-refractivity contribution in [3.05, 3.63) is 101 Å². The van der Waals surface area contributed by atoms with Gasteiger partial charge in [-0.25, -0.2) is 0 Å². The summed E-state index contributed by atoms with van der Waals surface area (Å²) in [7, 11) is 1.45. The van der Waals surface area contributed by atoms with Gasteiger partial charge in [-0.3, -0.25) is 19.2 Å². The summed E-state index contributed by atoms with van der Waals surface area (Å²) < 4.78 is 5.24. The third-order valence-corrected chi connectivity index (χ3v) is 4.76. The molecule has 35 heavy (non-hydrogen) atoms. The van der Waals surface area contributed by atoms with Gasteiger partial charge in [0.15, 0.2) is 0 Å². The van der Waals surface area contributed by atoms with Crippen LogP contribution >= 0.6 is 0 Å². The minimum Gasteiger partial charge on any atom is -0.496 e. The van der Waals surface area contributed by atoms with Gasteiger partial charge < -0.3 is 25.8 Å². The van der Waals surface area contributed by atoms with Gasteiger partial charge in [0.1, 0.15) is 18.0 Å². The average Bonchev–Trinajstić information content (AvgIpc) is 2.87. The Balaban J connectivity index is 1.80. The first-order valence-electron chi connectivity index (χ1n) is 10.5. The zero-order valence-corrected chi connectivity index (χ0v) is 18.8. The second-order valence-corrected chi connectivity index (χ2v) is 7.23. The molecule has 3 amide bonds. The molecule has 0 bridgehead atoms. The Hall–Kier alpha value is -4.92. The molecule has 9 heteroatoms. The predicted octanol–water partition coefficient (Wildman–Crippen LogP) is 2.92. The maximum Gasteiger partial charge on any atom is 0.322 e. The van der Waals surface area contributed by atoms with Crippen molar-refractivity contribution < 1.29 is 29.0 Å². The summed E-state index contributed by atoms with van der Waals surface area (Å²) in [4.78, 5) is 48.6. The number of aliphatic carboxylic acids is 1. The lowest BCUT2D eigenvalue weighted by atomic mass is 10.1. The van der Waals surface area contributed by atoms with Crippen molar-refractivity contribution in [1.82, 2.24) is 10.6 Å². The third-order valence-electron chi connectivity index (χ3n) is 4.76. The lowest BCUT2D eigenvalue weighted by Crippen LogP contribution is -2.31. The maximum absolute atomic E-state index is 13.1. The molecule has 0 spiro atoms. The Bertz CT molecular complexity index is 1250. The Labute approximate surface area is 201 Å². The van der Waals surface area contributed by atoms with Crippen molar-refractivity contribution in [2.75, 3.05) is 19.0 Å². The Morgan fingerprint density at radius 2 is 1.51 bits per heavy atom. The fourth-order valence-electron chi connectivity index (χ4n) is 3.06. The van der Waals surface area contributed by atoms with Crippen molar-refractivity contribution >= 4 is 35.5 Å². The zero-order chi connectivity index (χ0) is 25.2. The smallest absolute Gasteiger partial charge is 0.322 e. The van der Waals surface area contributed by atoms with E-state index < -0.39 is 30.2 Å². The van der Waals surface area contributed by atoms with Crippen LogP contribution < -0.4 is 20.7 Å². The number of methoxy groups -OCH3 is 1. The Kier molecular flexibility index (Phi) is 8.33. The van der Waals surface area contributed by atoms with Crippen LogP contribution in [-0.2, 0) is 9.59 Å². The molecule has 9 nitrogen and oxygen atoms in total. The summed E-state index contributed by atoms with van der Waals surface area (Å²) in [5, 5.41) is 16.3. The van der Waals surface area contributed by atoms with Gasteiger partial charge >= 0.3 is 5.97 Å². The molecule has 3 rings (SSSR count). The average molecular weight is 473 g/mol. The van der Waals surface area contributed by atoms with Crippen LogP contribution in [0.2, 0.25) is 0 Å². The standard InChI is InChI=1S/C26H23N3O6/c1-35-22-10-6-5-9-20(22)25(33)29-21(15-17-7-3-2-4-8-17)26(34)28-19-13-11-18(12-14-19)24(32)27-16-23(30)31/h2-15H,16H2,1H3,(H,27,32)(H,28,34)(H,29,33)(H,30,31)/b21-15-. The van der Waals surface area contributed by atoms with Crippen LogP contribution in [0.25, 0.3) is 6.08 Å². The Morgan fingerprint density at radius 1 is 0.857 bits per heavy atom. The predicted molar refractivity (Wildman–Crippen MR) is 130 cm³/mol. The fourth-order valence-corrected chi connectivity index (χ4v) is 3.06. The maximum atomic E-state index is 13.1. The fraction of sp³-hybridized carbons (Fsp3) is 0.0769. The van der Waals surface area contributed by atoms with E-state index in [0.717, 1.165) is 0 Å². The van der Waals surface area contributed by atoms with Crippen LogP contribution in [0.3, 0.4) is 0 Å². The van der Waals surface area contributed by atoms with Crippen LogP contribution in [0.15, 0.2) is 84.6 Å². The topological polar surface area (TPSA) is 134 Å². The number of rotatable bonds is 9. The molecule has 0 heterocycles. The van der Waals surface area contributed by atoms with Crippen molar-refractivity contribution in [2.24, 2.45) is 0 Å². The number of ether oxygens (including phenoxy) is 1. The summed E-state index contributed by atoms with van der Waals surface area (Å²) in [6.45, 7) is -0.503. The van der Waals surface area contributed by atoms with Crippen LogP contribution in [-0.4, -0.2) is 42.5 Å². The molecule has 0 radical (unpaired) electrons. The van der Waals surface area contributed by atoms with E-state index >= 15 is 0 Å². The molecule has 3 aromatic carbocycles. The number of carboxylic acid groups (broad SMARTS) is 1. The van der Waals surface area contributed by atoms with Gasteiger partial charge in [-0.2, -0.15) is 0 Å². The van der Waals surface area contributed by atoms with Crippen molar-refractivity contribution in [3.8, 4) is 5.75 Å². The molecule has 3 aromatic rings. The van der Waals surface area contributed by atoms with Crippen LogP contribution in [0.1, 0.15) is 26.3 Å². The highest BCUT2D eigenvalue weighted by Crippen LogP contribution is 2.18. The van der Waals surface area contributed by atoms with E-state index in [0.29, 0.717) is 17.0 Å². The molecule has 0 aliphatic carbocycles. The summed E-state index contributed by atoms with van der Waals surface area (Å²) in [5.74, 6) is -2.46. The number of nitrogens with one attached hydrogen (secondary N) is 3. The molecule has 178 valence electrons. The number of hydrogen-bond acceptors (Lipinski definition) is 5. The second kappa shape index (κ2) is 11.8. The minimum atomic E-state index is -1.16. The van der Waals surface area contributed by atoms with E-state index in [2.05, 4.69) is 16.0 Å². The molecule has 0 aliphatic heterocycles. The number of benzene rings is 3. The quantitative estimate of drug-likeness (QED) is 0.353. The lowest BCUT2D eigenvalue weighted by Gasteiger charge is -2.13. The number of carbonyl (C=O) groups excluding carboxylic acids is 3. The monoisotopic (exact) mass is 473 g/mol. The number of carboxylic acids is 1. The summed E-state index contributed by atoms with van der Waals surface area (Å²) in [6.07, 6.45) is 1.54. The third kappa shape index (κ3) is 7.03. The zero-order valence-electron chi connectivity index (χ0n) is 18.8. The van der Waals surface area contributed by atoms with E-state index in [1.54, 1.807) is 48.5 Å². The highest BCUT2D eigenvalue weighted by molar-refractivity contribution is 6.11. The number of carbonyl (C=O) groups is 4. The molecule has 0 unspecified atom stereocenters. The van der Waals surface area contributed by atoms with Gasteiger partial charge in [0.25, 0.3) is 17.7 Å². The van der Waals surface area contributed by atoms with E-state index in [9.17, 15) is 19.2 Å². The molecule has 0 saturated heterocycles. The highest BCUT2D eigenvalue weighted by Gasteiger charge is 2.18. The van der Waals surface area contributed by atoms with Gasteiger partial charge in [0, 0.05) is 11.3 Å². The SMILES string of the molecule is COc1ccccc1C(=O)N/C(=C\c1ccccc1)C(=O)Nc1ccc(C(=O)NCC(=O)O)cc1. The molecule has 0 aliphatic rings. The van der Waals surface area contributed by atoms with Gasteiger partial charge in [-0.05, 0) is 48.0 Å². The van der Waals surface area contributed by atoms with Gasteiger partial charge in [-0.1, -0.05) is 42.5 Å². The summed E-state index contributed by atoms with van der Waals surface area (Å²) >= 11 is 0. The van der Waals surface area contributed by atoms with E-state index in [1.165, 1.54) is 37.5 Å². The van der Waals surface area contributed by atoms with E-state index in [4.69, 9.17) is 9.84 Å². The summed E-state index contributed by atoms with van der Waals surface area (Å²) in [6, 6.07) is 21.5. The van der Waals surface area contributed by atoms with E-state index in [-0.39, 0.29) is 16.8 Å². The molecular weight excluding hydrogens is 450 g/mol. The molecule has 0 aromatic heterocycles. The van der Waals surface area contributed by atoms with Crippen molar-refractivity contribution in [1.29, 1.82) is 0 Å². The minimum absolute atomic E-state index is 0.00427. The lowest BCUT2D eigenvalue weighted by molar-refractivity contribution is -0.135. The first-order chi connectivity index (χ1) is 16.9. The molecule has 0 atom stereocenters. The second-order valence-electron chi connectivity index (χ2n) is 7.23. The normalized spacial score (nSPS) is 10.7. The molecule has 0 fully saturated rings. The molecular formula is C26H23N3O6. The number of amides is 3. The van der Waals surface area contributed by atoms with Gasteiger partial charge in [0.05, 0.1) is 12.7 Å². The number of para-hydroxylation sites is 1. The van der Waals surface area contributed by atoms with Crippen molar-refractivity contribution in [3.63, 3.8) is 0 Å². The van der Waals surface area contributed by atoms with Crippen LogP contribution in [0, 0.1) is 0 Å². The number of hydrogen-bond donors (Lipinski definition) is 4. The van der Waals surface area contributed by atoms with Crippen molar-refractivity contribution in [2.45, 2.75) is 0 Å². The van der Waals surface area contributed by atoms with Gasteiger partial charge in [0.2, 0.25) is 0 Å². The van der Waals surface area contributed by atoms with Crippen LogP contribution in [0.5, 0.6) is 5.75 Å². The first-order valence-corrected chi connectivity index (χ1v) is 10.5.